The van der Waals surface area contributed by atoms with Crippen LogP contribution in [0.15, 0.2) is 53.5 Å². The second-order valence-electron chi connectivity index (χ2n) is 7.42. The molecule has 0 aliphatic carbocycles. The molecule has 1 fully saturated rings. The molecule has 3 rings (SSSR count). The summed E-state index contributed by atoms with van der Waals surface area (Å²) in [5.41, 5.74) is 2.60. The van der Waals surface area contributed by atoms with Crippen molar-refractivity contribution >= 4 is 17.6 Å². The lowest BCUT2D eigenvalue weighted by atomic mass is 10.0. The maximum atomic E-state index is 12.8. The molecule has 1 aliphatic heterocycles. The van der Waals surface area contributed by atoms with Gasteiger partial charge in [-0.1, -0.05) is 32.0 Å². The number of amides is 1. The van der Waals surface area contributed by atoms with Gasteiger partial charge in [-0.3, -0.25) is 10.1 Å². The first kappa shape index (κ1) is 20.9. The lowest BCUT2D eigenvalue weighted by Crippen LogP contribution is -2.36. The Labute approximate surface area is 172 Å². The number of hydrogen-bond donors (Lipinski definition) is 2. The quantitative estimate of drug-likeness (QED) is 0.568. The minimum atomic E-state index is -0.248. The van der Waals surface area contributed by atoms with E-state index in [1.54, 1.807) is 31.4 Å². The van der Waals surface area contributed by atoms with Crippen molar-refractivity contribution in [2.45, 2.75) is 38.7 Å². The zero-order valence-corrected chi connectivity index (χ0v) is 17.3. The van der Waals surface area contributed by atoms with Crippen molar-refractivity contribution in [1.29, 1.82) is 0 Å². The maximum Gasteiger partial charge on any atom is 0.258 e. The third-order valence-corrected chi connectivity index (χ3v) is 4.86. The summed E-state index contributed by atoms with van der Waals surface area (Å²) in [5.74, 6) is 1.21. The summed E-state index contributed by atoms with van der Waals surface area (Å²) in [6.45, 7) is 5.58. The Balaban J connectivity index is 1.77. The summed E-state index contributed by atoms with van der Waals surface area (Å²) in [5, 5.41) is 6.15. The Hall–Kier alpha value is -2.86. The van der Waals surface area contributed by atoms with Crippen molar-refractivity contribution in [3.8, 4) is 5.75 Å². The van der Waals surface area contributed by atoms with E-state index < -0.39 is 0 Å². The molecule has 6 heteroatoms. The molecule has 2 aromatic carbocycles. The summed E-state index contributed by atoms with van der Waals surface area (Å²) < 4.78 is 10.9. The molecule has 2 aromatic rings. The van der Waals surface area contributed by atoms with Crippen LogP contribution >= 0.6 is 0 Å². The van der Waals surface area contributed by atoms with Gasteiger partial charge in [-0.25, -0.2) is 4.99 Å². The Morgan fingerprint density at radius 2 is 2.07 bits per heavy atom. The monoisotopic (exact) mass is 395 g/mol. The van der Waals surface area contributed by atoms with Gasteiger partial charge in [0.15, 0.2) is 0 Å². The van der Waals surface area contributed by atoms with Crippen LogP contribution in [-0.4, -0.2) is 38.2 Å². The lowest BCUT2D eigenvalue weighted by molar-refractivity contribution is 0.0975. The number of nitrogens with one attached hydrogen (secondary N) is 2. The van der Waals surface area contributed by atoms with E-state index in [1.807, 2.05) is 12.1 Å². The molecule has 0 unspecified atom stereocenters. The molecule has 1 heterocycles. The molecule has 1 saturated heterocycles. The molecular weight excluding hydrogens is 366 g/mol. The number of hydrogen-bond acceptors (Lipinski definition) is 4. The molecule has 0 bridgehead atoms. The molecule has 1 amide bonds. The summed E-state index contributed by atoms with van der Waals surface area (Å²) in [4.78, 5) is 17.4. The molecule has 1 atom stereocenters. The van der Waals surface area contributed by atoms with E-state index in [1.165, 1.54) is 5.56 Å². The molecule has 29 heavy (non-hydrogen) atoms. The van der Waals surface area contributed by atoms with Crippen LogP contribution in [0.2, 0.25) is 0 Å². The number of methoxy groups -OCH3 is 1. The highest BCUT2D eigenvalue weighted by Crippen LogP contribution is 2.19. The fourth-order valence-electron chi connectivity index (χ4n) is 3.15. The lowest BCUT2D eigenvalue weighted by Gasteiger charge is -2.15. The fourth-order valence-corrected chi connectivity index (χ4v) is 3.15. The first-order valence-corrected chi connectivity index (χ1v) is 10.0. The van der Waals surface area contributed by atoms with Crippen LogP contribution in [0.4, 0.5) is 5.69 Å². The Morgan fingerprint density at radius 3 is 2.79 bits per heavy atom. The van der Waals surface area contributed by atoms with E-state index in [0.717, 1.165) is 25.1 Å². The summed E-state index contributed by atoms with van der Waals surface area (Å²) in [7, 11) is 1.58. The number of anilines is 1. The predicted molar refractivity (Wildman–Crippen MR) is 116 cm³/mol. The summed E-state index contributed by atoms with van der Waals surface area (Å²) in [6, 6.07) is 15.2. The molecule has 0 spiro atoms. The van der Waals surface area contributed by atoms with Gasteiger partial charge in [0, 0.05) is 17.9 Å². The van der Waals surface area contributed by atoms with Crippen molar-refractivity contribution < 1.29 is 14.3 Å². The topological polar surface area (TPSA) is 72.0 Å². The molecule has 1 aliphatic rings. The van der Waals surface area contributed by atoms with Crippen LogP contribution in [0.5, 0.6) is 5.75 Å². The minimum Gasteiger partial charge on any atom is -0.497 e. The number of aliphatic imine (C=N–C) groups is 1. The van der Waals surface area contributed by atoms with Crippen LogP contribution < -0.4 is 15.4 Å². The zero-order valence-electron chi connectivity index (χ0n) is 17.3. The predicted octanol–water partition coefficient (Wildman–Crippen LogP) is 4.20. The standard InChI is InChI=1S/C23H29N3O3/c1-16(2)17-7-4-9-19(13-17)25-23(24-15-21-11-6-12-29-21)26-22(27)18-8-5-10-20(14-18)28-3/h4-5,7-10,13-14,16,21H,6,11-12,15H2,1-3H3,(H2,24,25,26,27)/t21-/m0/s1. The van der Waals surface area contributed by atoms with E-state index >= 15 is 0 Å². The van der Waals surface area contributed by atoms with E-state index in [9.17, 15) is 4.79 Å². The molecule has 0 aromatic heterocycles. The van der Waals surface area contributed by atoms with Crippen LogP contribution in [0, 0.1) is 0 Å². The van der Waals surface area contributed by atoms with E-state index in [0.29, 0.717) is 29.7 Å². The van der Waals surface area contributed by atoms with Gasteiger partial charge in [0.05, 0.1) is 19.8 Å². The third kappa shape index (κ3) is 6.06. The van der Waals surface area contributed by atoms with Crippen molar-refractivity contribution in [1.82, 2.24) is 5.32 Å². The second kappa shape index (κ2) is 10.1. The van der Waals surface area contributed by atoms with Gasteiger partial charge in [0.2, 0.25) is 5.96 Å². The first-order valence-electron chi connectivity index (χ1n) is 10.0. The van der Waals surface area contributed by atoms with Gasteiger partial charge in [0.25, 0.3) is 5.91 Å². The SMILES string of the molecule is COc1cccc(C(=O)NC(=NC[C@@H]2CCCO2)Nc2cccc(C(C)C)c2)c1. The highest BCUT2D eigenvalue weighted by Gasteiger charge is 2.16. The maximum absolute atomic E-state index is 12.8. The first-order chi connectivity index (χ1) is 14.0. The molecule has 0 saturated carbocycles. The molecular formula is C23H29N3O3. The van der Waals surface area contributed by atoms with E-state index in [-0.39, 0.29) is 12.0 Å². The number of carbonyl (C=O) groups excluding carboxylic acids is 1. The number of nitrogens with zero attached hydrogens (tertiary/aromatic N) is 1. The van der Waals surface area contributed by atoms with Crippen molar-refractivity contribution in [2.75, 3.05) is 25.6 Å². The van der Waals surface area contributed by atoms with Gasteiger partial charge in [0.1, 0.15) is 5.75 Å². The number of rotatable bonds is 6. The Bertz CT molecular complexity index is 858. The number of guanidine groups is 1. The fraction of sp³-hybridized carbons (Fsp3) is 0.391. The average Bonchev–Trinajstić information content (AvgIpc) is 3.26. The highest BCUT2D eigenvalue weighted by molar-refractivity contribution is 6.10. The number of carbonyl (C=O) groups is 1. The summed E-state index contributed by atoms with van der Waals surface area (Å²) >= 11 is 0. The van der Waals surface area contributed by atoms with Crippen molar-refractivity contribution in [3.05, 3.63) is 59.7 Å². The second-order valence-corrected chi connectivity index (χ2v) is 7.42. The Morgan fingerprint density at radius 1 is 1.24 bits per heavy atom. The molecule has 6 nitrogen and oxygen atoms in total. The largest absolute Gasteiger partial charge is 0.497 e. The van der Waals surface area contributed by atoms with Gasteiger partial charge in [-0.2, -0.15) is 0 Å². The average molecular weight is 396 g/mol. The van der Waals surface area contributed by atoms with Crippen molar-refractivity contribution in [2.24, 2.45) is 4.99 Å². The van der Waals surface area contributed by atoms with Gasteiger partial charge in [-0.05, 0) is 54.7 Å². The number of benzene rings is 2. The number of ether oxygens (including phenoxy) is 2. The third-order valence-electron chi connectivity index (χ3n) is 4.86. The van der Waals surface area contributed by atoms with E-state index in [2.05, 4.69) is 41.6 Å². The zero-order chi connectivity index (χ0) is 20.6. The van der Waals surface area contributed by atoms with Crippen LogP contribution in [0.3, 0.4) is 0 Å². The minimum absolute atomic E-state index is 0.0996. The van der Waals surface area contributed by atoms with Crippen LogP contribution in [-0.2, 0) is 4.74 Å². The van der Waals surface area contributed by atoms with Crippen LogP contribution in [0.25, 0.3) is 0 Å². The molecule has 0 radical (unpaired) electrons. The molecule has 154 valence electrons. The normalized spacial score (nSPS) is 16.7. The van der Waals surface area contributed by atoms with Gasteiger partial charge < -0.3 is 14.8 Å². The van der Waals surface area contributed by atoms with Gasteiger partial charge >= 0.3 is 0 Å². The van der Waals surface area contributed by atoms with E-state index in [4.69, 9.17) is 9.47 Å². The Kier molecular flexibility index (Phi) is 7.25. The van der Waals surface area contributed by atoms with Crippen LogP contribution in [0.1, 0.15) is 48.5 Å². The van der Waals surface area contributed by atoms with Crippen molar-refractivity contribution in [3.63, 3.8) is 0 Å². The van der Waals surface area contributed by atoms with Gasteiger partial charge in [-0.15, -0.1) is 0 Å². The summed E-state index contributed by atoms with van der Waals surface area (Å²) in [6.07, 6.45) is 2.14. The smallest absolute Gasteiger partial charge is 0.258 e. The molecule has 2 N–H and O–H groups in total. The highest BCUT2D eigenvalue weighted by atomic mass is 16.5.